The fourth-order valence-corrected chi connectivity index (χ4v) is 2.82. The molecule has 0 aromatic carbocycles. The van der Waals surface area contributed by atoms with Crippen LogP contribution in [0.2, 0.25) is 0 Å². The van der Waals surface area contributed by atoms with Gasteiger partial charge in [-0.05, 0) is 32.2 Å². The molecule has 2 fully saturated rings. The Balaban J connectivity index is 1.93. The first-order chi connectivity index (χ1) is 8.68. The molecule has 0 bridgehead atoms. The summed E-state index contributed by atoms with van der Waals surface area (Å²) in [5.41, 5.74) is 5.09. The lowest BCUT2D eigenvalue weighted by Gasteiger charge is -2.37. The maximum atomic E-state index is 12.4. The first-order valence-electron chi connectivity index (χ1n) is 6.73. The first-order valence-corrected chi connectivity index (χ1v) is 6.73. The van der Waals surface area contributed by atoms with Gasteiger partial charge in [-0.25, -0.2) is 4.79 Å². The fourth-order valence-electron chi connectivity index (χ4n) is 2.82. The fraction of sp³-hybridized carbons (Fsp3) is 0.833. The molecule has 0 saturated carbocycles. The Hall–Kier alpha value is -1.30. The molecule has 0 aromatic rings. The number of carbonyl (C=O) groups is 2. The van der Waals surface area contributed by atoms with E-state index >= 15 is 0 Å². The number of hydrogen-bond donors (Lipinski definition) is 3. The number of primary amides is 1. The van der Waals surface area contributed by atoms with E-state index in [1.807, 2.05) is 4.90 Å². The van der Waals surface area contributed by atoms with E-state index in [1.165, 1.54) is 0 Å². The number of nitrogens with two attached hydrogens (primary N) is 1. The molecule has 3 amide bonds. The van der Waals surface area contributed by atoms with Crippen LogP contribution >= 0.6 is 0 Å². The number of piperidine rings is 1. The topological polar surface area (TPSA) is 87.5 Å². The van der Waals surface area contributed by atoms with Crippen molar-refractivity contribution in [3.05, 3.63) is 0 Å². The second kappa shape index (κ2) is 6.04. The molecule has 0 aliphatic carbocycles. The van der Waals surface area contributed by atoms with Crippen LogP contribution in [-0.2, 0) is 4.79 Å². The Kier molecular flexibility index (Phi) is 4.41. The zero-order valence-electron chi connectivity index (χ0n) is 10.7. The SMILES string of the molecule is NC(=O)NC[C@H]1CCCCN1C(=O)[C@H]1CCNC1. The van der Waals surface area contributed by atoms with Gasteiger partial charge in [-0.1, -0.05) is 0 Å². The van der Waals surface area contributed by atoms with Crippen molar-refractivity contribution in [1.82, 2.24) is 15.5 Å². The number of nitrogens with one attached hydrogen (secondary N) is 2. The minimum atomic E-state index is -0.518. The lowest BCUT2D eigenvalue weighted by molar-refractivity contribution is -0.138. The van der Waals surface area contributed by atoms with Crippen LogP contribution in [0.5, 0.6) is 0 Å². The minimum Gasteiger partial charge on any atom is -0.352 e. The molecule has 102 valence electrons. The van der Waals surface area contributed by atoms with Crippen molar-refractivity contribution in [1.29, 1.82) is 0 Å². The number of likely N-dealkylation sites (tertiary alicyclic amines) is 1. The van der Waals surface area contributed by atoms with E-state index in [4.69, 9.17) is 5.73 Å². The van der Waals surface area contributed by atoms with E-state index in [-0.39, 0.29) is 17.9 Å². The van der Waals surface area contributed by atoms with Crippen molar-refractivity contribution in [2.24, 2.45) is 11.7 Å². The van der Waals surface area contributed by atoms with Crippen molar-refractivity contribution in [2.45, 2.75) is 31.7 Å². The summed E-state index contributed by atoms with van der Waals surface area (Å²) >= 11 is 0. The summed E-state index contributed by atoms with van der Waals surface area (Å²) in [6, 6.07) is -0.408. The predicted octanol–water partition coefficient (Wildman–Crippen LogP) is -0.355. The van der Waals surface area contributed by atoms with Crippen molar-refractivity contribution in [3.8, 4) is 0 Å². The Morgan fingerprint density at radius 1 is 1.33 bits per heavy atom. The molecule has 0 spiro atoms. The van der Waals surface area contributed by atoms with Crippen LogP contribution < -0.4 is 16.4 Å². The Morgan fingerprint density at radius 2 is 2.17 bits per heavy atom. The molecule has 0 radical (unpaired) electrons. The lowest BCUT2D eigenvalue weighted by atomic mass is 9.98. The molecule has 2 heterocycles. The van der Waals surface area contributed by atoms with Crippen molar-refractivity contribution in [2.75, 3.05) is 26.2 Å². The zero-order chi connectivity index (χ0) is 13.0. The van der Waals surface area contributed by atoms with Gasteiger partial charge < -0.3 is 21.3 Å². The van der Waals surface area contributed by atoms with Gasteiger partial charge in [0.05, 0.1) is 5.92 Å². The largest absolute Gasteiger partial charge is 0.352 e. The predicted molar refractivity (Wildman–Crippen MR) is 67.9 cm³/mol. The summed E-state index contributed by atoms with van der Waals surface area (Å²) < 4.78 is 0. The van der Waals surface area contributed by atoms with Gasteiger partial charge in [0.25, 0.3) is 0 Å². The van der Waals surface area contributed by atoms with E-state index in [0.29, 0.717) is 6.54 Å². The summed E-state index contributed by atoms with van der Waals surface area (Å²) in [5.74, 6) is 0.343. The maximum Gasteiger partial charge on any atom is 0.312 e. The third kappa shape index (κ3) is 3.13. The number of urea groups is 1. The molecule has 2 saturated heterocycles. The third-order valence-electron chi connectivity index (χ3n) is 3.83. The smallest absolute Gasteiger partial charge is 0.312 e. The molecule has 4 N–H and O–H groups in total. The lowest BCUT2D eigenvalue weighted by Crippen LogP contribution is -2.52. The molecular formula is C12H22N4O2. The summed E-state index contributed by atoms with van der Waals surface area (Å²) in [4.78, 5) is 25.1. The van der Waals surface area contributed by atoms with Gasteiger partial charge in [-0.2, -0.15) is 0 Å². The standard InChI is InChI=1S/C12H22N4O2/c13-12(18)15-8-10-3-1-2-6-16(10)11(17)9-4-5-14-7-9/h9-10,14H,1-8H2,(H3,13,15,18)/t9-,10+/m0/s1. The summed E-state index contributed by atoms with van der Waals surface area (Å²) in [6.45, 7) is 2.99. The molecule has 18 heavy (non-hydrogen) atoms. The van der Waals surface area contributed by atoms with E-state index in [0.717, 1.165) is 45.3 Å². The van der Waals surface area contributed by atoms with Crippen LogP contribution in [-0.4, -0.2) is 49.1 Å². The Labute approximate surface area is 107 Å². The molecular weight excluding hydrogens is 232 g/mol. The van der Waals surface area contributed by atoms with E-state index in [2.05, 4.69) is 10.6 Å². The normalized spacial score (nSPS) is 28.1. The molecule has 2 aliphatic rings. The van der Waals surface area contributed by atoms with Crippen LogP contribution in [0.15, 0.2) is 0 Å². The van der Waals surface area contributed by atoms with E-state index in [9.17, 15) is 9.59 Å². The van der Waals surface area contributed by atoms with Crippen LogP contribution in [0.1, 0.15) is 25.7 Å². The highest BCUT2D eigenvalue weighted by Crippen LogP contribution is 2.21. The van der Waals surface area contributed by atoms with Gasteiger partial charge in [0.15, 0.2) is 0 Å². The highest BCUT2D eigenvalue weighted by atomic mass is 16.2. The minimum absolute atomic E-state index is 0.110. The van der Waals surface area contributed by atoms with Crippen molar-refractivity contribution in [3.63, 3.8) is 0 Å². The summed E-state index contributed by atoms with van der Waals surface area (Å²) in [6.07, 6.45) is 4.04. The summed E-state index contributed by atoms with van der Waals surface area (Å²) in [7, 11) is 0. The van der Waals surface area contributed by atoms with Gasteiger partial charge in [0.1, 0.15) is 0 Å². The monoisotopic (exact) mass is 254 g/mol. The molecule has 2 aliphatic heterocycles. The molecule has 0 unspecified atom stereocenters. The van der Waals surface area contributed by atoms with Crippen LogP contribution in [0.25, 0.3) is 0 Å². The Morgan fingerprint density at radius 3 is 2.83 bits per heavy atom. The second-order valence-electron chi connectivity index (χ2n) is 5.12. The number of carbonyl (C=O) groups excluding carboxylic acids is 2. The number of rotatable bonds is 3. The van der Waals surface area contributed by atoms with Gasteiger partial charge in [0, 0.05) is 25.7 Å². The third-order valence-corrected chi connectivity index (χ3v) is 3.83. The number of nitrogens with zero attached hydrogens (tertiary/aromatic N) is 1. The van der Waals surface area contributed by atoms with Crippen LogP contribution in [0.3, 0.4) is 0 Å². The highest BCUT2D eigenvalue weighted by Gasteiger charge is 2.32. The van der Waals surface area contributed by atoms with Gasteiger partial charge in [-0.3, -0.25) is 4.79 Å². The zero-order valence-corrected chi connectivity index (χ0v) is 10.7. The average Bonchev–Trinajstić information content (AvgIpc) is 2.89. The molecule has 2 atom stereocenters. The molecule has 6 nitrogen and oxygen atoms in total. The number of hydrogen-bond acceptors (Lipinski definition) is 3. The maximum absolute atomic E-state index is 12.4. The molecule has 2 rings (SSSR count). The van der Waals surface area contributed by atoms with E-state index in [1.54, 1.807) is 0 Å². The first kappa shape index (κ1) is 13.1. The highest BCUT2D eigenvalue weighted by molar-refractivity contribution is 5.80. The Bertz CT molecular complexity index is 315. The quantitative estimate of drug-likeness (QED) is 0.643. The molecule has 6 heteroatoms. The van der Waals surface area contributed by atoms with Crippen LogP contribution in [0.4, 0.5) is 4.79 Å². The second-order valence-corrected chi connectivity index (χ2v) is 5.12. The van der Waals surface area contributed by atoms with Crippen LogP contribution in [0, 0.1) is 5.92 Å². The van der Waals surface area contributed by atoms with Crippen molar-refractivity contribution >= 4 is 11.9 Å². The van der Waals surface area contributed by atoms with Gasteiger partial charge in [-0.15, -0.1) is 0 Å². The van der Waals surface area contributed by atoms with Gasteiger partial charge >= 0.3 is 6.03 Å². The number of amides is 3. The van der Waals surface area contributed by atoms with E-state index < -0.39 is 6.03 Å². The molecule has 0 aromatic heterocycles. The summed E-state index contributed by atoms with van der Waals surface area (Å²) in [5, 5.41) is 5.84. The van der Waals surface area contributed by atoms with Gasteiger partial charge in [0.2, 0.25) is 5.91 Å². The average molecular weight is 254 g/mol. The van der Waals surface area contributed by atoms with Crippen molar-refractivity contribution < 1.29 is 9.59 Å².